The molecule has 106 valence electrons. The predicted molar refractivity (Wildman–Crippen MR) is 74.5 cm³/mol. The van der Waals surface area contributed by atoms with Crippen LogP contribution < -0.4 is 11.1 Å². The molecule has 1 aromatic heterocycles. The van der Waals surface area contributed by atoms with Gasteiger partial charge in [-0.2, -0.15) is 4.98 Å². The topological polar surface area (TPSA) is 101 Å². The van der Waals surface area contributed by atoms with Crippen LogP contribution in [0.1, 0.15) is 6.92 Å². The van der Waals surface area contributed by atoms with Gasteiger partial charge in [0.1, 0.15) is 11.0 Å². The van der Waals surface area contributed by atoms with Crippen molar-refractivity contribution in [3.63, 3.8) is 0 Å². The van der Waals surface area contributed by atoms with Crippen molar-refractivity contribution in [1.29, 1.82) is 0 Å². The molecule has 0 radical (unpaired) electrons. The molecule has 0 aliphatic carbocycles. The van der Waals surface area contributed by atoms with E-state index in [1.807, 2.05) is 0 Å². The van der Waals surface area contributed by atoms with Crippen LogP contribution in [-0.4, -0.2) is 48.1 Å². The van der Waals surface area contributed by atoms with Gasteiger partial charge in [0.25, 0.3) is 0 Å². The minimum atomic E-state index is -3.05. The van der Waals surface area contributed by atoms with Crippen LogP contribution in [0.4, 0.5) is 11.8 Å². The number of nitrogens with one attached hydrogen (secondary N) is 1. The van der Waals surface area contributed by atoms with Crippen molar-refractivity contribution in [1.82, 2.24) is 14.3 Å². The van der Waals surface area contributed by atoms with Crippen molar-refractivity contribution in [2.24, 2.45) is 5.92 Å². The Labute approximate surface area is 117 Å². The maximum Gasteiger partial charge on any atom is 0.223 e. The lowest BCUT2D eigenvalue weighted by atomic mass is 10.0. The lowest BCUT2D eigenvalue weighted by Gasteiger charge is -2.37. The third-order valence-corrected chi connectivity index (χ3v) is 4.97. The Morgan fingerprint density at radius 2 is 2.21 bits per heavy atom. The molecular formula is C10H16ClN5O2S. The van der Waals surface area contributed by atoms with Gasteiger partial charge in [-0.15, -0.1) is 0 Å². The first-order valence-corrected chi connectivity index (χ1v) is 7.91. The van der Waals surface area contributed by atoms with Crippen molar-refractivity contribution in [2.75, 3.05) is 36.4 Å². The highest BCUT2D eigenvalue weighted by atomic mass is 35.5. The van der Waals surface area contributed by atoms with Crippen LogP contribution in [0.25, 0.3) is 0 Å². The van der Waals surface area contributed by atoms with Crippen LogP contribution in [0, 0.1) is 5.92 Å². The number of nitrogen functional groups attached to an aromatic ring is 1. The van der Waals surface area contributed by atoms with Crippen molar-refractivity contribution in [3.8, 4) is 0 Å². The molecule has 0 amide bonds. The zero-order chi connectivity index (χ0) is 14.0. The largest absolute Gasteiger partial charge is 0.369 e. The van der Waals surface area contributed by atoms with Gasteiger partial charge in [0.2, 0.25) is 16.0 Å². The molecule has 0 atom stereocenters. The lowest BCUT2D eigenvalue weighted by molar-refractivity contribution is 0.212. The van der Waals surface area contributed by atoms with E-state index in [0.29, 0.717) is 25.5 Å². The summed E-state index contributed by atoms with van der Waals surface area (Å²) < 4.78 is 24.6. The highest BCUT2D eigenvalue weighted by Crippen LogP contribution is 2.21. The molecule has 0 aromatic carbocycles. The van der Waals surface area contributed by atoms with Crippen molar-refractivity contribution in [3.05, 3.63) is 11.2 Å². The summed E-state index contributed by atoms with van der Waals surface area (Å²) in [6, 6.07) is 1.58. The quantitative estimate of drug-likeness (QED) is 0.764. The van der Waals surface area contributed by atoms with Crippen LogP contribution in [0.3, 0.4) is 0 Å². The van der Waals surface area contributed by atoms with E-state index in [4.69, 9.17) is 17.3 Å². The molecule has 2 rings (SSSR count). The molecule has 1 fully saturated rings. The van der Waals surface area contributed by atoms with Gasteiger partial charge < -0.3 is 11.1 Å². The molecule has 0 saturated carbocycles. The molecule has 1 aliphatic heterocycles. The molecule has 0 bridgehead atoms. The number of rotatable bonds is 5. The number of sulfonamides is 1. The molecular weight excluding hydrogens is 290 g/mol. The molecule has 1 aliphatic rings. The Hall–Kier alpha value is -1.12. The molecule has 19 heavy (non-hydrogen) atoms. The van der Waals surface area contributed by atoms with Crippen LogP contribution in [0.5, 0.6) is 0 Å². The van der Waals surface area contributed by atoms with Crippen molar-refractivity contribution < 1.29 is 8.42 Å². The SMILES string of the molecule is CCS(=O)(=O)N1CC(CNc2cc(Cl)nc(N)n2)C1. The highest BCUT2D eigenvalue weighted by Gasteiger charge is 2.34. The zero-order valence-corrected chi connectivity index (χ0v) is 12.1. The van der Waals surface area contributed by atoms with E-state index in [2.05, 4.69) is 15.3 Å². The molecule has 7 nitrogen and oxygen atoms in total. The average molecular weight is 306 g/mol. The van der Waals surface area contributed by atoms with Gasteiger partial charge in [-0.1, -0.05) is 11.6 Å². The third-order valence-electron chi connectivity index (χ3n) is 2.97. The Morgan fingerprint density at radius 3 is 2.79 bits per heavy atom. The number of hydrogen-bond acceptors (Lipinski definition) is 6. The second-order valence-electron chi connectivity index (χ2n) is 4.40. The predicted octanol–water partition coefficient (Wildman–Crippen LogP) is 0.406. The van der Waals surface area contributed by atoms with Gasteiger partial charge in [-0.3, -0.25) is 0 Å². The Morgan fingerprint density at radius 1 is 1.53 bits per heavy atom. The summed E-state index contributed by atoms with van der Waals surface area (Å²) in [6.07, 6.45) is 0. The summed E-state index contributed by atoms with van der Waals surface area (Å²) in [5.41, 5.74) is 5.48. The third kappa shape index (κ3) is 3.46. The first-order chi connectivity index (χ1) is 8.90. The van der Waals surface area contributed by atoms with Crippen molar-refractivity contribution in [2.45, 2.75) is 6.92 Å². The van der Waals surface area contributed by atoms with E-state index >= 15 is 0 Å². The van der Waals surface area contributed by atoms with Gasteiger partial charge >= 0.3 is 0 Å². The number of hydrogen-bond donors (Lipinski definition) is 2. The standard InChI is InChI=1S/C10H16ClN5O2S/c1-2-19(17,18)16-5-7(6-16)4-13-9-3-8(11)14-10(12)15-9/h3,7H,2,4-6H2,1H3,(H3,12,13,14,15). The minimum absolute atomic E-state index is 0.110. The Bertz CT molecular complexity index is 539. The van der Waals surface area contributed by atoms with Crippen LogP contribution in [0.15, 0.2) is 6.07 Å². The zero-order valence-electron chi connectivity index (χ0n) is 10.5. The summed E-state index contributed by atoms with van der Waals surface area (Å²) in [5, 5.41) is 3.36. The fraction of sp³-hybridized carbons (Fsp3) is 0.600. The summed E-state index contributed by atoms with van der Waals surface area (Å²) in [6.45, 7) is 3.35. The van der Waals surface area contributed by atoms with E-state index in [1.54, 1.807) is 13.0 Å². The summed E-state index contributed by atoms with van der Waals surface area (Å²) in [4.78, 5) is 7.74. The number of anilines is 2. The number of nitrogens with zero attached hydrogens (tertiary/aromatic N) is 3. The second-order valence-corrected chi connectivity index (χ2v) is 7.04. The summed E-state index contributed by atoms with van der Waals surface area (Å²) in [5.74, 6) is 1.08. The molecule has 0 unspecified atom stereocenters. The first-order valence-electron chi connectivity index (χ1n) is 5.92. The lowest BCUT2D eigenvalue weighted by Crippen LogP contribution is -2.52. The van der Waals surface area contributed by atoms with E-state index in [9.17, 15) is 8.42 Å². The van der Waals surface area contributed by atoms with Gasteiger partial charge in [0.15, 0.2) is 0 Å². The van der Waals surface area contributed by atoms with Crippen LogP contribution >= 0.6 is 11.6 Å². The summed E-state index contributed by atoms with van der Waals surface area (Å²) >= 11 is 5.76. The number of halogens is 1. The maximum atomic E-state index is 11.5. The molecule has 9 heteroatoms. The minimum Gasteiger partial charge on any atom is -0.369 e. The molecule has 2 heterocycles. The van der Waals surface area contributed by atoms with Gasteiger partial charge in [-0.25, -0.2) is 17.7 Å². The fourth-order valence-electron chi connectivity index (χ4n) is 1.84. The maximum absolute atomic E-state index is 11.5. The van der Waals surface area contributed by atoms with Gasteiger partial charge in [0.05, 0.1) is 5.75 Å². The average Bonchev–Trinajstić information content (AvgIpc) is 2.25. The van der Waals surface area contributed by atoms with Crippen molar-refractivity contribution >= 4 is 33.4 Å². The molecule has 1 saturated heterocycles. The summed E-state index contributed by atoms with van der Waals surface area (Å²) in [7, 11) is -3.05. The van der Waals surface area contributed by atoms with Gasteiger partial charge in [-0.05, 0) is 6.92 Å². The second kappa shape index (κ2) is 5.48. The number of nitrogens with two attached hydrogens (primary N) is 1. The van der Waals surface area contributed by atoms with E-state index in [0.717, 1.165) is 0 Å². The fourth-order valence-corrected chi connectivity index (χ4v) is 3.27. The van der Waals surface area contributed by atoms with Crippen LogP contribution in [0.2, 0.25) is 5.15 Å². The smallest absolute Gasteiger partial charge is 0.223 e. The van der Waals surface area contributed by atoms with E-state index < -0.39 is 10.0 Å². The van der Waals surface area contributed by atoms with Gasteiger partial charge in [0, 0.05) is 31.6 Å². The monoisotopic (exact) mass is 305 g/mol. The molecule has 3 N–H and O–H groups in total. The highest BCUT2D eigenvalue weighted by molar-refractivity contribution is 7.89. The molecule has 0 spiro atoms. The number of aromatic nitrogens is 2. The van der Waals surface area contributed by atoms with E-state index in [-0.39, 0.29) is 22.8 Å². The first kappa shape index (κ1) is 14.3. The Kier molecular flexibility index (Phi) is 4.12. The van der Waals surface area contributed by atoms with E-state index in [1.165, 1.54) is 4.31 Å². The normalized spacial score (nSPS) is 17.2. The molecule has 1 aromatic rings. The van der Waals surface area contributed by atoms with Crippen LogP contribution in [-0.2, 0) is 10.0 Å². The Balaban J connectivity index is 1.83.